The van der Waals surface area contributed by atoms with Gasteiger partial charge in [0.1, 0.15) is 19.3 Å². The molecule has 0 aromatic heterocycles. The maximum Gasteiger partial charge on any atom is 0.306 e. The summed E-state index contributed by atoms with van der Waals surface area (Å²) in [7, 11) is 1.09. The van der Waals surface area contributed by atoms with Gasteiger partial charge in [-0.2, -0.15) is 0 Å². The highest BCUT2D eigenvalue weighted by Gasteiger charge is 2.27. The van der Waals surface area contributed by atoms with Crippen molar-refractivity contribution in [2.75, 3.05) is 40.9 Å². The number of amides is 1. The third-order valence-electron chi connectivity index (χ3n) is 11.1. The number of likely N-dealkylation sites (N-methyl/N-ethyl adjacent to an activating group) is 1. The van der Waals surface area contributed by atoms with Gasteiger partial charge in [-0.15, -0.1) is 0 Å². The quantitative estimate of drug-likeness (QED) is 0.0212. The maximum absolute atomic E-state index is 13.4. The number of esters is 1. The second-order valence-corrected chi connectivity index (χ2v) is 20.4. The van der Waals surface area contributed by atoms with Gasteiger partial charge in [-0.05, 0) is 102 Å². The summed E-state index contributed by atoms with van der Waals surface area (Å²) in [5, 5.41) is 2.95. The molecule has 402 valence electrons. The molecule has 0 heterocycles. The first kappa shape index (κ1) is 67.1. The number of phosphoric ester groups is 1. The third kappa shape index (κ3) is 50.9. The summed E-state index contributed by atoms with van der Waals surface area (Å²) in [5.74, 6) is -0.720. The van der Waals surface area contributed by atoms with E-state index >= 15 is 0 Å². The minimum atomic E-state index is -4.73. The van der Waals surface area contributed by atoms with Crippen LogP contribution in [0.3, 0.4) is 0 Å². The van der Waals surface area contributed by atoms with Crippen LogP contribution in [0.1, 0.15) is 188 Å². The topological polar surface area (TPSA) is 114 Å². The molecule has 0 aliphatic rings. The van der Waals surface area contributed by atoms with Gasteiger partial charge in [-0.3, -0.25) is 14.2 Å². The maximum atomic E-state index is 13.4. The Kier molecular flexibility index (Phi) is 47.0. The highest BCUT2D eigenvalue weighted by atomic mass is 31.2. The van der Waals surface area contributed by atoms with Crippen molar-refractivity contribution in [2.45, 2.75) is 200 Å². The predicted octanol–water partition coefficient (Wildman–Crippen LogP) is 15.9. The van der Waals surface area contributed by atoms with Crippen LogP contribution < -0.4 is 10.2 Å². The van der Waals surface area contributed by atoms with Crippen LogP contribution in [0, 0.1) is 0 Å². The first-order valence-corrected chi connectivity index (χ1v) is 29.0. The van der Waals surface area contributed by atoms with Gasteiger partial charge in [0.05, 0.1) is 33.8 Å². The van der Waals surface area contributed by atoms with Gasteiger partial charge >= 0.3 is 5.97 Å². The van der Waals surface area contributed by atoms with E-state index in [1.54, 1.807) is 6.08 Å². The monoisotopic (exact) mass is 1000 g/mol. The Labute approximate surface area is 435 Å². The number of nitrogens with zero attached hydrogens (tertiary/aromatic N) is 1. The molecule has 0 bridgehead atoms. The molecule has 3 atom stereocenters. The molecule has 1 amide bonds. The van der Waals surface area contributed by atoms with Crippen LogP contribution in [-0.2, 0) is 27.9 Å². The van der Waals surface area contributed by atoms with Crippen molar-refractivity contribution in [1.29, 1.82) is 0 Å². The Bertz CT molecular complexity index is 1680. The van der Waals surface area contributed by atoms with Gasteiger partial charge in [0.25, 0.3) is 7.82 Å². The van der Waals surface area contributed by atoms with Gasteiger partial charge in [0.2, 0.25) is 5.91 Å². The van der Waals surface area contributed by atoms with Gasteiger partial charge in [-0.25, -0.2) is 0 Å². The number of ether oxygens (including phenoxy) is 1. The Morgan fingerprint density at radius 1 is 0.507 bits per heavy atom. The van der Waals surface area contributed by atoms with Crippen molar-refractivity contribution in [1.82, 2.24) is 5.32 Å². The second kappa shape index (κ2) is 49.7. The first-order valence-electron chi connectivity index (χ1n) is 27.5. The fraction of sp³-hybridized carbons (Fsp3) is 0.607. The van der Waals surface area contributed by atoms with E-state index in [4.69, 9.17) is 13.8 Å². The molecule has 0 aromatic carbocycles. The SMILES string of the molecule is CC/C=C\C/C=C\C/C=C\C/C=C\C/C=C\CCCC(=O)OC(/C=C/CCCCCCCCCCCC)C(COP(=O)([O-])OCC[N+](C)(C)C)NC(=O)CC/C=C/C/C=C/C/C=C/C/C=C/C/C=C/CC. The number of unbranched alkanes of at least 4 members (excludes halogenated alkanes) is 11. The lowest BCUT2D eigenvalue weighted by molar-refractivity contribution is -0.870. The van der Waals surface area contributed by atoms with E-state index in [0.29, 0.717) is 30.3 Å². The predicted molar refractivity (Wildman–Crippen MR) is 302 cm³/mol. The lowest BCUT2D eigenvalue weighted by Gasteiger charge is -2.30. The first-order chi connectivity index (χ1) is 34.4. The molecule has 0 saturated carbocycles. The number of rotatable bonds is 47. The normalized spacial score (nSPS) is 14.9. The van der Waals surface area contributed by atoms with Crippen LogP contribution >= 0.6 is 7.82 Å². The molecule has 0 spiro atoms. The van der Waals surface area contributed by atoms with Crippen LogP contribution in [-0.4, -0.2) is 69.4 Å². The molecular formula is C61H101N2O7P. The number of carbonyl (C=O) groups is 2. The number of phosphoric acid groups is 1. The fourth-order valence-corrected chi connectivity index (χ4v) is 7.62. The van der Waals surface area contributed by atoms with Crippen molar-refractivity contribution >= 4 is 19.7 Å². The standard InChI is InChI=1S/C61H101N2O7P/c1-7-10-13-16-19-22-25-28-30-32-34-36-39-42-45-48-51-54-61(65)70-59(52-49-46-43-40-37-27-24-21-18-15-12-9-3)58(57-69-71(66,67)68-56-55-63(4,5)6)62-60(64)53-50-47-44-41-38-35-33-31-29-26-23-20-17-14-11-8-2/h10-11,13-14,19-20,22-23,28-31,34-36,38,42,44-45,47,49,52,58-59H,7-9,12,15-18,21,24-27,32-33,37,39-41,43,46,48,50-51,53-57H2,1-6H3,(H-,62,64,66,67)/b13-10-,14-11+,22-19-,23-20+,30-28-,31-29+,36-34-,38-35+,45-42-,47-44+,52-49+. The number of allylic oxidation sites excluding steroid dienone is 21. The zero-order valence-electron chi connectivity index (χ0n) is 45.6. The number of hydrogen-bond donors (Lipinski definition) is 1. The van der Waals surface area contributed by atoms with Crippen molar-refractivity contribution < 1.29 is 37.3 Å². The molecule has 9 nitrogen and oxygen atoms in total. The molecule has 0 aromatic rings. The zero-order chi connectivity index (χ0) is 52.2. The summed E-state index contributed by atoms with van der Waals surface area (Å²) in [6.07, 6.45) is 70.2. The van der Waals surface area contributed by atoms with Gasteiger partial charge < -0.3 is 28.5 Å². The Morgan fingerprint density at radius 3 is 1.37 bits per heavy atom. The number of quaternary nitrogens is 1. The van der Waals surface area contributed by atoms with E-state index in [2.05, 4.69) is 135 Å². The van der Waals surface area contributed by atoms with Gasteiger partial charge in [-0.1, -0.05) is 206 Å². The minimum Gasteiger partial charge on any atom is -0.756 e. The molecule has 1 N–H and O–H groups in total. The molecular weight excluding hydrogens is 904 g/mol. The fourth-order valence-electron chi connectivity index (χ4n) is 6.90. The van der Waals surface area contributed by atoms with Gasteiger partial charge in [0, 0.05) is 12.8 Å². The smallest absolute Gasteiger partial charge is 0.306 e. The molecule has 3 unspecified atom stereocenters. The van der Waals surface area contributed by atoms with Crippen LogP contribution in [0.5, 0.6) is 0 Å². The van der Waals surface area contributed by atoms with Crippen molar-refractivity contribution in [3.05, 3.63) is 134 Å². The molecule has 0 aliphatic carbocycles. The number of nitrogens with one attached hydrogen (secondary N) is 1. The summed E-state index contributed by atoms with van der Waals surface area (Å²) in [4.78, 5) is 39.7. The Hall–Kier alpha value is -3.85. The lowest BCUT2D eigenvalue weighted by atomic mass is 10.1. The third-order valence-corrected chi connectivity index (χ3v) is 12.1. The summed E-state index contributed by atoms with van der Waals surface area (Å²) in [6.45, 7) is 6.47. The van der Waals surface area contributed by atoms with E-state index in [0.717, 1.165) is 83.5 Å². The number of hydrogen-bond acceptors (Lipinski definition) is 7. The second-order valence-electron chi connectivity index (χ2n) is 19.0. The average Bonchev–Trinajstić information content (AvgIpc) is 3.33. The molecule has 0 aliphatic heterocycles. The molecule has 0 fully saturated rings. The van der Waals surface area contributed by atoms with Crippen LogP contribution in [0.25, 0.3) is 0 Å². The van der Waals surface area contributed by atoms with E-state index in [9.17, 15) is 19.0 Å². The summed E-state index contributed by atoms with van der Waals surface area (Å²) < 4.78 is 30.1. The molecule has 71 heavy (non-hydrogen) atoms. The summed E-state index contributed by atoms with van der Waals surface area (Å²) >= 11 is 0. The highest BCUT2D eigenvalue weighted by Crippen LogP contribution is 2.38. The highest BCUT2D eigenvalue weighted by molar-refractivity contribution is 7.45. The van der Waals surface area contributed by atoms with Crippen molar-refractivity contribution in [3.63, 3.8) is 0 Å². The van der Waals surface area contributed by atoms with E-state index in [-0.39, 0.29) is 25.4 Å². The molecule has 0 saturated heterocycles. The summed E-state index contributed by atoms with van der Waals surface area (Å²) in [5.41, 5.74) is 0. The van der Waals surface area contributed by atoms with Crippen LogP contribution in [0.2, 0.25) is 0 Å². The Balaban J connectivity index is 5.61. The van der Waals surface area contributed by atoms with Crippen LogP contribution in [0.15, 0.2) is 134 Å². The van der Waals surface area contributed by atoms with Crippen molar-refractivity contribution in [2.24, 2.45) is 0 Å². The zero-order valence-corrected chi connectivity index (χ0v) is 46.5. The van der Waals surface area contributed by atoms with Crippen LogP contribution in [0.4, 0.5) is 0 Å². The Morgan fingerprint density at radius 2 is 0.915 bits per heavy atom. The van der Waals surface area contributed by atoms with Crippen molar-refractivity contribution in [3.8, 4) is 0 Å². The lowest BCUT2D eigenvalue weighted by Crippen LogP contribution is -2.47. The van der Waals surface area contributed by atoms with E-state index in [1.165, 1.54) is 51.4 Å². The van der Waals surface area contributed by atoms with Gasteiger partial charge in [0.15, 0.2) is 0 Å². The van der Waals surface area contributed by atoms with E-state index in [1.807, 2.05) is 39.4 Å². The number of carbonyl (C=O) groups excluding carboxylic acids is 2. The summed E-state index contributed by atoms with van der Waals surface area (Å²) in [6, 6.07) is -0.959. The average molecular weight is 1010 g/mol. The largest absolute Gasteiger partial charge is 0.756 e. The molecule has 0 rings (SSSR count). The van der Waals surface area contributed by atoms with E-state index < -0.39 is 32.5 Å². The molecule has 10 heteroatoms. The molecule has 0 radical (unpaired) electrons. The minimum absolute atomic E-state index is 0.0520.